The zero-order chi connectivity index (χ0) is 20.2. The number of fused-ring (bicyclic) bond motifs is 1. The van der Waals surface area contributed by atoms with Crippen LogP contribution in [0.5, 0.6) is 0 Å². The second-order valence-electron chi connectivity index (χ2n) is 6.74. The summed E-state index contributed by atoms with van der Waals surface area (Å²) in [5.41, 5.74) is 2.94. The number of carbonyl (C=O) groups excluding carboxylic acids is 2. The van der Waals surface area contributed by atoms with E-state index in [-0.39, 0.29) is 24.3 Å². The van der Waals surface area contributed by atoms with Crippen LogP contribution in [0.2, 0.25) is 0 Å². The lowest BCUT2D eigenvalue weighted by Gasteiger charge is -2.15. The van der Waals surface area contributed by atoms with Gasteiger partial charge in [0.15, 0.2) is 4.96 Å². The number of imidazole rings is 1. The van der Waals surface area contributed by atoms with Gasteiger partial charge in [-0.1, -0.05) is 30.3 Å². The van der Waals surface area contributed by atoms with Crippen LogP contribution in [-0.4, -0.2) is 21.2 Å². The highest BCUT2D eigenvalue weighted by atomic mass is 32.1. The van der Waals surface area contributed by atoms with E-state index in [1.807, 2.05) is 71.6 Å². The van der Waals surface area contributed by atoms with Crippen molar-refractivity contribution in [1.82, 2.24) is 14.7 Å². The van der Waals surface area contributed by atoms with Crippen molar-refractivity contribution in [3.8, 4) is 0 Å². The molecule has 0 saturated carbocycles. The molecule has 0 fully saturated rings. The SMILES string of the molecule is CC(NC(=O)Cc1cn2ccsc2n1)c1cccc(NC(=O)c2ccccc2)c1. The highest BCUT2D eigenvalue weighted by Crippen LogP contribution is 2.19. The minimum Gasteiger partial charge on any atom is -0.349 e. The summed E-state index contributed by atoms with van der Waals surface area (Å²) < 4.78 is 1.91. The largest absolute Gasteiger partial charge is 0.349 e. The van der Waals surface area contributed by atoms with Gasteiger partial charge in [0.2, 0.25) is 5.91 Å². The van der Waals surface area contributed by atoms with Crippen LogP contribution in [0.15, 0.2) is 72.4 Å². The molecule has 2 heterocycles. The molecular weight excluding hydrogens is 384 g/mol. The lowest BCUT2D eigenvalue weighted by Crippen LogP contribution is -2.28. The minimum atomic E-state index is -0.195. The number of hydrogen-bond donors (Lipinski definition) is 2. The fraction of sp³-hybridized carbons (Fsp3) is 0.136. The third kappa shape index (κ3) is 4.52. The lowest BCUT2D eigenvalue weighted by atomic mass is 10.1. The Bertz CT molecular complexity index is 1120. The summed E-state index contributed by atoms with van der Waals surface area (Å²) >= 11 is 1.54. The quantitative estimate of drug-likeness (QED) is 0.509. The molecule has 4 aromatic rings. The van der Waals surface area contributed by atoms with Crippen LogP contribution >= 0.6 is 11.3 Å². The van der Waals surface area contributed by atoms with Gasteiger partial charge in [-0.25, -0.2) is 4.98 Å². The second kappa shape index (κ2) is 8.28. The Balaban J connectivity index is 1.38. The molecule has 0 aliphatic heterocycles. The number of amides is 2. The van der Waals surface area contributed by atoms with Crippen LogP contribution in [0, 0.1) is 0 Å². The first kappa shape index (κ1) is 18.9. The molecule has 146 valence electrons. The van der Waals surface area contributed by atoms with Gasteiger partial charge >= 0.3 is 0 Å². The van der Waals surface area contributed by atoms with E-state index in [0.29, 0.717) is 11.3 Å². The average Bonchev–Trinajstić information content (AvgIpc) is 3.30. The van der Waals surface area contributed by atoms with Crippen LogP contribution < -0.4 is 10.6 Å². The fourth-order valence-electron chi connectivity index (χ4n) is 3.08. The summed E-state index contributed by atoms with van der Waals surface area (Å²) in [7, 11) is 0. The van der Waals surface area contributed by atoms with Crippen molar-refractivity contribution < 1.29 is 9.59 Å². The predicted octanol–water partition coefficient (Wildman–Crippen LogP) is 4.07. The zero-order valence-corrected chi connectivity index (χ0v) is 16.6. The summed E-state index contributed by atoms with van der Waals surface area (Å²) in [4.78, 5) is 30.1. The predicted molar refractivity (Wildman–Crippen MR) is 114 cm³/mol. The van der Waals surface area contributed by atoms with Gasteiger partial charge in [-0.2, -0.15) is 0 Å². The molecule has 1 unspecified atom stereocenters. The molecule has 0 spiro atoms. The summed E-state index contributed by atoms with van der Waals surface area (Å²) in [5, 5.41) is 7.85. The van der Waals surface area contributed by atoms with Gasteiger partial charge in [0.25, 0.3) is 5.91 Å². The number of nitrogens with zero attached hydrogens (tertiary/aromatic N) is 2. The van der Waals surface area contributed by atoms with E-state index in [9.17, 15) is 9.59 Å². The highest BCUT2D eigenvalue weighted by Gasteiger charge is 2.13. The smallest absolute Gasteiger partial charge is 0.255 e. The van der Waals surface area contributed by atoms with E-state index < -0.39 is 0 Å². The van der Waals surface area contributed by atoms with Gasteiger partial charge in [0, 0.05) is 29.0 Å². The molecule has 29 heavy (non-hydrogen) atoms. The van der Waals surface area contributed by atoms with Gasteiger partial charge in [0.1, 0.15) is 0 Å². The van der Waals surface area contributed by atoms with Crippen LogP contribution in [-0.2, 0) is 11.2 Å². The normalized spacial score (nSPS) is 11.9. The van der Waals surface area contributed by atoms with Gasteiger partial charge < -0.3 is 10.6 Å². The number of aromatic nitrogens is 2. The maximum Gasteiger partial charge on any atom is 0.255 e. The Morgan fingerprint density at radius 1 is 1.14 bits per heavy atom. The molecule has 4 rings (SSSR count). The van der Waals surface area contributed by atoms with Crippen LogP contribution in [0.1, 0.15) is 34.6 Å². The monoisotopic (exact) mass is 404 g/mol. The number of thiazole rings is 1. The van der Waals surface area contributed by atoms with Crippen molar-refractivity contribution in [3.05, 3.63) is 89.2 Å². The standard InChI is InChI=1S/C22H20N4O2S/c1-15(23-20(27)13-19-14-26-10-11-29-22(26)25-19)17-8-5-9-18(12-17)24-21(28)16-6-3-2-4-7-16/h2-12,14-15H,13H2,1H3,(H,23,27)(H,24,28). The number of rotatable bonds is 6. The van der Waals surface area contributed by atoms with Crippen molar-refractivity contribution in [3.63, 3.8) is 0 Å². The topological polar surface area (TPSA) is 75.5 Å². The third-order valence-corrected chi connectivity index (χ3v) is 5.31. The molecule has 6 nitrogen and oxygen atoms in total. The maximum absolute atomic E-state index is 12.4. The van der Waals surface area contributed by atoms with Gasteiger partial charge in [-0.3, -0.25) is 14.0 Å². The Morgan fingerprint density at radius 2 is 1.97 bits per heavy atom. The van der Waals surface area contributed by atoms with E-state index in [2.05, 4.69) is 15.6 Å². The Morgan fingerprint density at radius 3 is 2.76 bits per heavy atom. The fourth-order valence-corrected chi connectivity index (χ4v) is 3.80. The summed E-state index contributed by atoms with van der Waals surface area (Å²) in [6.07, 6.45) is 4.02. The Hall–Kier alpha value is -3.45. The maximum atomic E-state index is 12.4. The molecule has 1 atom stereocenters. The summed E-state index contributed by atoms with van der Waals surface area (Å²) in [6.45, 7) is 1.92. The second-order valence-corrected chi connectivity index (χ2v) is 7.61. The van der Waals surface area contributed by atoms with Gasteiger partial charge in [0.05, 0.1) is 18.2 Å². The van der Waals surface area contributed by atoms with E-state index in [4.69, 9.17) is 0 Å². The average molecular weight is 404 g/mol. The molecule has 2 amide bonds. The van der Waals surface area contributed by atoms with E-state index in [0.717, 1.165) is 16.2 Å². The first-order valence-electron chi connectivity index (χ1n) is 9.25. The van der Waals surface area contributed by atoms with Crippen molar-refractivity contribution in [2.45, 2.75) is 19.4 Å². The van der Waals surface area contributed by atoms with Crippen LogP contribution in [0.4, 0.5) is 5.69 Å². The molecule has 2 N–H and O–H groups in total. The van der Waals surface area contributed by atoms with Crippen molar-refractivity contribution in [2.24, 2.45) is 0 Å². The molecule has 0 aliphatic carbocycles. The third-order valence-electron chi connectivity index (χ3n) is 4.54. The molecule has 2 aromatic carbocycles. The number of carbonyl (C=O) groups is 2. The van der Waals surface area contributed by atoms with Crippen LogP contribution in [0.25, 0.3) is 4.96 Å². The van der Waals surface area contributed by atoms with E-state index >= 15 is 0 Å². The van der Waals surface area contributed by atoms with E-state index in [1.165, 1.54) is 11.3 Å². The number of anilines is 1. The first-order chi connectivity index (χ1) is 14.1. The number of benzene rings is 2. The molecule has 0 bridgehead atoms. The van der Waals surface area contributed by atoms with Crippen LogP contribution in [0.3, 0.4) is 0 Å². The minimum absolute atomic E-state index is 0.0954. The Kier molecular flexibility index (Phi) is 5.39. The zero-order valence-electron chi connectivity index (χ0n) is 15.8. The Labute approximate surface area is 172 Å². The van der Waals surface area contributed by atoms with Crippen molar-refractivity contribution in [2.75, 3.05) is 5.32 Å². The van der Waals surface area contributed by atoms with Gasteiger partial charge in [-0.05, 0) is 36.8 Å². The highest BCUT2D eigenvalue weighted by molar-refractivity contribution is 7.15. The first-order valence-corrected chi connectivity index (χ1v) is 10.1. The van der Waals surface area contributed by atoms with Crippen molar-refractivity contribution in [1.29, 1.82) is 0 Å². The van der Waals surface area contributed by atoms with E-state index in [1.54, 1.807) is 12.1 Å². The molecular formula is C22H20N4O2S. The molecule has 0 saturated heterocycles. The summed E-state index contributed by atoms with van der Waals surface area (Å²) in [5.74, 6) is -0.263. The summed E-state index contributed by atoms with van der Waals surface area (Å²) in [6, 6.07) is 16.4. The number of nitrogens with one attached hydrogen (secondary N) is 2. The van der Waals surface area contributed by atoms with Gasteiger partial charge in [-0.15, -0.1) is 11.3 Å². The molecule has 2 aromatic heterocycles. The molecule has 0 radical (unpaired) electrons. The molecule has 7 heteroatoms. The molecule has 0 aliphatic rings. The number of hydrogen-bond acceptors (Lipinski definition) is 4. The van der Waals surface area contributed by atoms with Crippen molar-refractivity contribution >= 4 is 33.8 Å². The lowest BCUT2D eigenvalue weighted by molar-refractivity contribution is -0.121.